The van der Waals surface area contributed by atoms with E-state index >= 15 is 0 Å². The van der Waals surface area contributed by atoms with Gasteiger partial charge in [-0.1, -0.05) is 17.9 Å². The first kappa shape index (κ1) is 11.6. The fraction of sp³-hybridized carbons (Fsp3) is 0.333. The summed E-state index contributed by atoms with van der Waals surface area (Å²) < 4.78 is 5.13. The van der Waals surface area contributed by atoms with Gasteiger partial charge in [-0.05, 0) is 12.1 Å². The van der Waals surface area contributed by atoms with Gasteiger partial charge < -0.3 is 15.6 Å². The van der Waals surface area contributed by atoms with Crippen LogP contribution in [0.25, 0.3) is 0 Å². The molecule has 0 heterocycles. The van der Waals surface area contributed by atoms with Crippen molar-refractivity contribution in [1.29, 1.82) is 0 Å². The Labute approximate surface area is 89.9 Å². The molecule has 80 valence electrons. The second kappa shape index (κ2) is 6.07. The molecule has 0 aliphatic carbocycles. The molecule has 3 N–H and O–H groups in total. The molecule has 0 aliphatic heterocycles. The topological polar surface area (TPSA) is 55.5 Å². The predicted octanol–water partition coefficient (Wildman–Crippen LogP) is 0.888. The summed E-state index contributed by atoms with van der Waals surface area (Å²) in [4.78, 5) is 0. The van der Waals surface area contributed by atoms with E-state index in [4.69, 9.17) is 15.6 Å². The van der Waals surface area contributed by atoms with E-state index in [0.717, 1.165) is 11.1 Å². The third-order valence-electron chi connectivity index (χ3n) is 1.96. The molecular formula is C12H15NO2. The summed E-state index contributed by atoms with van der Waals surface area (Å²) in [5.41, 5.74) is 6.97. The number of hydrogen-bond acceptors (Lipinski definition) is 3. The predicted molar refractivity (Wildman–Crippen MR) is 59.5 cm³/mol. The van der Waals surface area contributed by atoms with Gasteiger partial charge in [-0.25, -0.2) is 0 Å². The van der Waals surface area contributed by atoms with E-state index in [0.29, 0.717) is 18.7 Å². The molecule has 0 aromatic heterocycles. The minimum atomic E-state index is -0.0281. The van der Waals surface area contributed by atoms with Crippen LogP contribution in [0.4, 0.5) is 0 Å². The Morgan fingerprint density at radius 2 is 2.27 bits per heavy atom. The molecule has 0 saturated heterocycles. The van der Waals surface area contributed by atoms with Crippen molar-refractivity contribution in [1.82, 2.24) is 0 Å². The molecule has 0 saturated carbocycles. The summed E-state index contributed by atoms with van der Waals surface area (Å²) in [6, 6.07) is 5.48. The van der Waals surface area contributed by atoms with Crippen LogP contribution in [0, 0.1) is 11.8 Å². The number of aliphatic hydroxyl groups excluding tert-OH is 1. The van der Waals surface area contributed by atoms with Crippen LogP contribution in [0.15, 0.2) is 18.2 Å². The third kappa shape index (κ3) is 3.28. The molecule has 1 aromatic carbocycles. The van der Waals surface area contributed by atoms with Gasteiger partial charge in [-0.2, -0.15) is 0 Å². The third-order valence-corrected chi connectivity index (χ3v) is 1.96. The Kier molecular flexibility index (Phi) is 4.69. The normalized spacial score (nSPS) is 9.27. The maximum Gasteiger partial charge on any atom is 0.125 e. The molecule has 0 amide bonds. The molecule has 1 rings (SSSR count). The zero-order valence-electron chi connectivity index (χ0n) is 8.79. The van der Waals surface area contributed by atoms with Crippen molar-refractivity contribution in [2.75, 3.05) is 13.7 Å². The highest BCUT2D eigenvalue weighted by Gasteiger charge is 2.01. The zero-order chi connectivity index (χ0) is 11.1. The van der Waals surface area contributed by atoms with Crippen molar-refractivity contribution in [3.63, 3.8) is 0 Å². The quantitative estimate of drug-likeness (QED) is 0.720. The first-order chi connectivity index (χ1) is 7.31. The number of benzene rings is 1. The highest BCUT2D eigenvalue weighted by molar-refractivity contribution is 5.44. The average molecular weight is 205 g/mol. The molecule has 0 fully saturated rings. The maximum absolute atomic E-state index is 9.02. The summed E-state index contributed by atoms with van der Waals surface area (Å²) in [6.07, 6.45) is 0.685. The summed E-state index contributed by atoms with van der Waals surface area (Å²) in [7, 11) is 1.57. The van der Waals surface area contributed by atoms with Crippen LogP contribution in [0.2, 0.25) is 0 Å². The van der Waals surface area contributed by atoms with Gasteiger partial charge in [0, 0.05) is 24.1 Å². The van der Waals surface area contributed by atoms with Gasteiger partial charge in [-0.3, -0.25) is 0 Å². The van der Waals surface area contributed by atoms with Gasteiger partial charge >= 0.3 is 0 Å². The monoisotopic (exact) mass is 205 g/mol. The lowest BCUT2D eigenvalue weighted by atomic mass is 10.1. The van der Waals surface area contributed by atoms with Gasteiger partial charge in [-0.15, -0.1) is 0 Å². The van der Waals surface area contributed by atoms with Crippen LogP contribution in [0.3, 0.4) is 0 Å². The molecular weight excluding hydrogens is 190 g/mol. The summed E-state index contributed by atoms with van der Waals surface area (Å²) in [5.74, 6) is 6.59. The second-order valence-electron chi connectivity index (χ2n) is 3.03. The summed E-state index contributed by atoms with van der Waals surface area (Å²) in [5, 5.41) is 9.02. The Balaban J connectivity index is 2.89. The first-order valence-corrected chi connectivity index (χ1v) is 4.78. The number of rotatable bonds is 3. The van der Waals surface area contributed by atoms with Gasteiger partial charge in [0.05, 0.1) is 13.7 Å². The van der Waals surface area contributed by atoms with Gasteiger partial charge in [0.1, 0.15) is 5.75 Å². The molecule has 0 bridgehead atoms. The van der Waals surface area contributed by atoms with Crippen molar-refractivity contribution in [3.05, 3.63) is 29.3 Å². The lowest BCUT2D eigenvalue weighted by Gasteiger charge is -2.05. The van der Waals surface area contributed by atoms with E-state index in [1.54, 1.807) is 7.11 Å². The number of nitrogens with two attached hydrogens (primary N) is 1. The molecule has 0 aliphatic rings. The molecule has 0 unspecified atom stereocenters. The van der Waals surface area contributed by atoms with Crippen LogP contribution >= 0.6 is 0 Å². The summed E-state index contributed by atoms with van der Waals surface area (Å²) >= 11 is 0. The second-order valence-corrected chi connectivity index (χ2v) is 3.03. The maximum atomic E-state index is 9.02. The van der Waals surface area contributed by atoms with E-state index in [-0.39, 0.29) is 6.61 Å². The molecule has 0 radical (unpaired) electrons. The Hall–Kier alpha value is -1.50. The van der Waals surface area contributed by atoms with E-state index < -0.39 is 0 Å². The molecule has 3 nitrogen and oxygen atoms in total. The minimum Gasteiger partial charge on any atom is -0.496 e. The van der Waals surface area contributed by atoms with Crippen molar-refractivity contribution in [3.8, 4) is 17.6 Å². The van der Waals surface area contributed by atoms with Crippen LogP contribution < -0.4 is 10.5 Å². The van der Waals surface area contributed by atoms with Crippen LogP contribution in [0.1, 0.15) is 17.5 Å². The largest absolute Gasteiger partial charge is 0.496 e. The highest BCUT2D eigenvalue weighted by atomic mass is 16.5. The molecule has 1 aromatic rings. The highest BCUT2D eigenvalue weighted by Crippen LogP contribution is 2.19. The number of ether oxygens (including phenoxy) is 1. The van der Waals surface area contributed by atoms with E-state index in [9.17, 15) is 0 Å². The first-order valence-electron chi connectivity index (χ1n) is 4.78. The average Bonchev–Trinajstić information content (AvgIpc) is 2.29. The zero-order valence-corrected chi connectivity index (χ0v) is 8.79. The van der Waals surface area contributed by atoms with Crippen molar-refractivity contribution in [2.45, 2.75) is 13.0 Å². The van der Waals surface area contributed by atoms with Gasteiger partial charge in [0.2, 0.25) is 0 Å². The molecule has 0 atom stereocenters. The number of aliphatic hydroxyl groups is 1. The van der Waals surface area contributed by atoms with Crippen molar-refractivity contribution >= 4 is 0 Å². The van der Waals surface area contributed by atoms with E-state index in [2.05, 4.69) is 11.8 Å². The van der Waals surface area contributed by atoms with Crippen molar-refractivity contribution < 1.29 is 9.84 Å². The molecule has 15 heavy (non-hydrogen) atoms. The Bertz CT molecular complexity index is 377. The van der Waals surface area contributed by atoms with Crippen LogP contribution in [-0.2, 0) is 6.61 Å². The summed E-state index contributed by atoms with van der Waals surface area (Å²) in [6.45, 7) is 0.540. The minimum absolute atomic E-state index is 0.0281. The van der Waals surface area contributed by atoms with Gasteiger partial charge in [0.15, 0.2) is 0 Å². The Morgan fingerprint density at radius 3 is 2.87 bits per heavy atom. The number of hydrogen-bond donors (Lipinski definition) is 2. The lowest BCUT2D eigenvalue weighted by molar-refractivity contribution is 0.274. The lowest BCUT2D eigenvalue weighted by Crippen LogP contribution is -1.95. The molecule has 0 spiro atoms. The van der Waals surface area contributed by atoms with Crippen molar-refractivity contribution in [2.24, 2.45) is 5.73 Å². The van der Waals surface area contributed by atoms with Crippen LogP contribution in [-0.4, -0.2) is 18.8 Å². The smallest absolute Gasteiger partial charge is 0.125 e. The van der Waals surface area contributed by atoms with E-state index in [1.807, 2.05) is 18.2 Å². The Morgan fingerprint density at radius 1 is 1.47 bits per heavy atom. The fourth-order valence-electron chi connectivity index (χ4n) is 1.19. The SMILES string of the molecule is COc1cc(C#CCCN)ccc1CO. The van der Waals surface area contributed by atoms with E-state index in [1.165, 1.54) is 0 Å². The fourth-order valence-corrected chi connectivity index (χ4v) is 1.19. The number of methoxy groups -OCH3 is 1. The standard InChI is InChI=1S/C12H15NO2/c1-15-12-8-10(4-2-3-7-13)5-6-11(12)9-14/h5-6,8,14H,3,7,9,13H2,1H3. The molecule has 3 heteroatoms. The van der Waals surface area contributed by atoms with Crippen LogP contribution in [0.5, 0.6) is 5.75 Å². The van der Waals surface area contributed by atoms with Gasteiger partial charge in [0.25, 0.3) is 0 Å².